The van der Waals surface area contributed by atoms with Gasteiger partial charge in [-0.3, -0.25) is 0 Å². The Morgan fingerprint density at radius 1 is 1.08 bits per heavy atom. The molecule has 37 heavy (non-hydrogen) atoms. The molecule has 0 aliphatic heterocycles. The molecule has 3 aromatic rings. The lowest BCUT2D eigenvalue weighted by Crippen LogP contribution is -2.47. The predicted molar refractivity (Wildman–Crippen MR) is 137 cm³/mol. The Kier molecular flexibility index (Phi) is 5.77. The monoisotopic (exact) mass is 507 g/mol. The number of hydrogen-bond donors (Lipinski definition) is 1. The van der Waals surface area contributed by atoms with Gasteiger partial charge in [0, 0.05) is 17.6 Å². The average Bonchev–Trinajstić information content (AvgIpc) is 3.28. The SMILES string of the molecule is C[C@]12Cc3cnn(-c4ccc(F)cc4)c3C=C1CC[C@H]1C2=CC[C@@H](C(F)(F)F)[C@@H]1CNc1ccccc1. The summed E-state index contributed by atoms with van der Waals surface area (Å²) in [6, 6.07) is 15.7. The maximum atomic E-state index is 14.2. The van der Waals surface area contributed by atoms with E-state index in [1.165, 1.54) is 17.7 Å². The molecule has 1 aromatic heterocycles. The number of anilines is 1. The number of nitrogens with zero attached hydrogens (tertiary/aromatic N) is 2. The van der Waals surface area contributed by atoms with Crippen LogP contribution in [0.3, 0.4) is 0 Å². The fourth-order valence-electron chi connectivity index (χ4n) is 6.78. The summed E-state index contributed by atoms with van der Waals surface area (Å²) in [5.74, 6) is -2.31. The minimum absolute atomic E-state index is 0.0149. The van der Waals surface area contributed by atoms with Crippen molar-refractivity contribution >= 4 is 11.8 Å². The number of nitrogens with one attached hydrogen (secondary N) is 1. The summed E-state index contributed by atoms with van der Waals surface area (Å²) in [6.07, 6.45) is 3.83. The highest BCUT2D eigenvalue weighted by Crippen LogP contribution is 2.58. The molecule has 3 aliphatic carbocycles. The third-order valence-electron chi connectivity index (χ3n) is 8.64. The first kappa shape index (κ1) is 24.0. The molecule has 0 saturated heterocycles. The topological polar surface area (TPSA) is 29.9 Å². The minimum Gasteiger partial charge on any atom is -0.385 e. The number of rotatable bonds is 4. The molecular weight excluding hydrogens is 478 g/mol. The minimum atomic E-state index is -4.24. The molecule has 1 N–H and O–H groups in total. The second kappa shape index (κ2) is 8.89. The van der Waals surface area contributed by atoms with Crippen molar-refractivity contribution in [3.63, 3.8) is 0 Å². The van der Waals surface area contributed by atoms with Gasteiger partial charge in [-0.1, -0.05) is 42.3 Å². The van der Waals surface area contributed by atoms with Crippen molar-refractivity contribution in [3.8, 4) is 5.69 Å². The van der Waals surface area contributed by atoms with E-state index in [0.717, 1.165) is 34.6 Å². The highest BCUT2D eigenvalue weighted by Gasteiger charge is 2.54. The van der Waals surface area contributed by atoms with Gasteiger partial charge in [0.25, 0.3) is 0 Å². The first-order chi connectivity index (χ1) is 17.7. The van der Waals surface area contributed by atoms with Gasteiger partial charge in [0.05, 0.1) is 23.5 Å². The van der Waals surface area contributed by atoms with E-state index in [9.17, 15) is 17.6 Å². The van der Waals surface area contributed by atoms with Crippen LogP contribution in [0.1, 0.15) is 37.4 Å². The second-order valence-electron chi connectivity index (χ2n) is 10.7. The molecule has 6 rings (SSSR count). The fourth-order valence-corrected chi connectivity index (χ4v) is 6.78. The largest absolute Gasteiger partial charge is 0.392 e. The van der Waals surface area contributed by atoms with Crippen molar-refractivity contribution in [2.45, 2.75) is 38.8 Å². The maximum Gasteiger partial charge on any atom is 0.392 e. The number of hydrogen-bond acceptors (Lipinski definition) is 2. The molecule has 0 radical (unpaired) electrons. The zero-order valence-electron chi connectivity index (χ0n) is 20.6. The first-order valence-corrected chi connectivity index (χ1v) is 12.8. The average molecular weight is 508 g/mol. The van der Waals surface area contributed by atoms with Crippen molar-refractivity contribution in [3.05, 3.63) is 95.1 Å². The smallest absolute Gasteiger partial charge is 0.385 e. The number of halogens is 4. The van der Waals surface area contributed by atoms with Crippen molar-refractivity contribution in [1.29, 1.82) is 0 Å². The zero-order chi connectivity index (χ0) is 25.8. The molecular formula is C30H29F4N3. The molecule has 0 amide bonds. The van der Waals surface area contributed by atoms with E-state index in [-0.39, 0.29) is 23.6 Å². The van der Waals surface area contributed by atoms with Crippen LogP contribution in [0.15, 0.2) is 78.0 Å². The highest BCUT2D eigenvalue weighted by atomic mass is 19.4. The van der Waals surface area contributed by atoms with Crippen LogP contribution in [0.5, 0.6) is 0 Å². The van der Waals surface area contributed by atoms with Gasteiger partial charge >= 0.3 is 6.18 Å². The zero-order valence-corrected chi connectivity index (χ0v) is 20.6. The van der Waals surface area contributed by atoms with E-state index in [1.807, 2.05) is 47.3 Å². The van der Waals surface area contributed by atoms with E-state index in [4.69, 9.17) is 0 Å². The molecule has 1 fully saturated rings. The maximum absolute atomic E-state index is 14.2. The van der Waals surface area contributed by atoms with Crippen LogP contribution in [0.4, 0.5) is 23.2 Å². The van der Waals surface area contributed by atoms with Crippen LogP contribution in [0.2, 0.25) is 0 Å². The molecule has 2 aromatic carbocycles. The standard InChI is InChI=1S/C30H29F4N3/c1-29-16-19-17-36-37(23-10-8-21(31)9-11-23)28(19)15-20(29)7-12-24-25(18-35-22-5-3-2-4-6-22)27(30(32,33)34)14-13-26(24)29/h2-6,8-11,13,15,17,24-25,27,35H,7,12,14,16,18H2,1H3/t24-,25-,27-,29+/m1/s1. The number of fused-ring (bicyclic) bond motifs is 4. The summed E-state index contributed by atoms with van der Waals surface area (Å²) in [4.78, 5) is 0. The molecule has 3 nitrogen and oxygen atoms in total. The van der Waals surface area contributed by atoms with Gasteiger partial charge in [-0.2, -0.15) is 18.3 Å². The van der Waals surface area contributed by atoms with Crippen LogP contribution < -0.4 is 5.32 Å². The molecule has 1 heterocycles. The number of allylic oxidation sites excluding steroid dienone is 3. The van der Waals surface area contributed by atoms with Crippen molar-refractivity contribution in [2.75, 3.05) is 11.9 Å². The summed E-state index contributed by atoms with van der Waals surface area (Å²) in [6.45, 7) is 2.48. The lowest BCUT2D eigenvalue weighted by molar-refractivity contribution is -0.193. The van der Waals surface area contributed by atoms with Crippen LogP contribution in [0, 0.1) is 29.0 Å². The Hall–Kier alpha value is -3.35. The second-order valence-corrected chi connectivity index (χ2v) is 10.7. The van der Waals surface area contributed by atoms with Crippen LogP contribution >= 0.6 is 0 Å². The van der Waals surface area contributed by atoms with Crippen molar-refractivity contribution in [1.82, 2.24) is 9.78 Å². The summed E-state index contributed by atoms with van der Waals surface area (Å²) >= 11 is 0. The van der Waals surface area contributed by atoms with Gasteiger partial charge in [0.2, 0.25) is 0 Å². The molecule has 3 aliphatic rings. The molecule has 1 saturated carbocycles. The van der Waals surface area contributed by atoms with Crippen LogP contribution in [-0.4, -0.2) is 22.5 Å². The Labute approximate surface area is 213 Å². The summed E-state index contributed by atoms with van der Waals surface area (Å²) in [7, 11) is 0. The number of aromatic nitrogens is 2. The third kappa shape index (κ3) is 4.18. The molecule has 192 valence electrons. The van der Waals surface area contributed by atoms with E-state index in [2.05, 4.69) is 23.4 Å². The van der Waals surface area contributed by atoms with E-state index < -0.39 is 18.0 Å². The molecule has 7 heteroatoms. The van der Waals surface area contributed by atoms with Crippen LogP contribution in [-0.2, 0) is 6.42 Å². The number of alkyl halides is 3. The van der Waals surface area contributed by atoms with E-state index in [0.29, 0.717) is 19.4 Å². The van der Waals surface area contributed by atoms with Gasteiger partial charge in [-0.05, 0) is 85.6 Å². The fraction of sp³-hybridized carbons (Fsp3) is 0.367. The van der Waals surface area contributed by atoms with Gasteiger partial charge in [0.1, 0.15) is 5.82 Å². The number of benzene rings is 2. The molecule has 0 unspecified atom stereocenters. The van der Waals surface area contributed by atoms with Crippen molar-refractivity contribution < 1.29 is 17.6 Å². The lowest BCUT2D eigenvalue weighted by Gasteiger charge is -2.51. The lowest BCUT2D eigenvalue weighted by atomic mass is 9.54. The first-order valence-electron chi connectivity index (χ1n) is 12.8. The normalized spacial score (nSPS) is 26.9. The number of para-hydroxylation sites is 1. The summed E-state index contributed by atoms with van der Waals surface area (Å²) in [5.41, 5.74) is 5.73. The van der Waals surface area contributed by atoms with E-state index in [1.54, 1.807) is 12.1 Å². The predicted octanol–water partition coefficient (Wildman–Crippen LogP) is 7.60. The van der Waals surface area contributed by atoms with Crippen LogP contribution in [0.25, 0.3) is 11.8 Å². The van der Waals surface area contributed by atoms with Gasteiger partial charge < -0.3 is 5.32 Å². The van der Waals surface area contributed by atoms with Crippen molar-refractivity contribution in [2.24, 2.45) is 23.2 Å². The molecule has 0 bridgehead atoms. The Morgan fingerprint density at radius 2 is 1.84 bits per heavy atom. The van der Waals surface area contributed by atoms with E-state index >= 15 is 0 Å². The summed E-state index contributed by atoms with van der Waals surface area (Å²) in [5, 5.41) is 7.88. The Balaban J connectivity index is 1.33. The van der Waals surface area contributed by atoms with Gasteiger partial charge in [-0.25, -0.2) is 9.07 Å². The Bertz CT molecular complexity index is 1350. The third-order valence-corrected chi connectivity index (χ3v) is 8.64. The van der Waals surface area contributed by atoms with Gasteiger partial charge in [0.15, 0.2) is 0 Å². The summed E-state index contributed by atoms with van der Waals surface area (Å²) < 4.78 is 57.8. The molecule has 0 spiro atoms. The Morgan fingerprint density at radius 3 is 2.57 bits per heavy atom. The quantitative estimate of drug-likeness (QED) is 0.291. The van der Waals surface area contributed by atoms with Gasteiger partial charge in [-0.15, -0.1) is 0 Å². The highest BCUT2D eigenvalue weighted by molar-refractivity contribution is 5.63. The molecule has 4 atom stereocenters.